The third-order valence-electron chi connectivity index (χ3n) is 4.26. The van der Waals surface area contributed by atoms with E-state index in [1.165, 1.54) is 13.2 Å². The summed E-state index contributed by atoms with van der Waals surface area (Å²) in [5, 5.41) is 11.2. The Balaban J connectivity index is 1.87. The van der Waals surface area contributed by atoms with E-state index < -0.39 is 10.0 Å². The van der Waals surface area contributed by atoms with Crippen LogP contribution >= 0.6 is 0 Å². The molecular weight excluding hydrogens is 418 g/mol. The number of hydrogen-bond donors (Lipinski definition) is 2. The lowest BCUT2D eigenvalue weighted by molar-refractivity contribution is -0.116. The number of sulfonamides is 1. The fourth-order valence-electron chi connectivity index (χ4n) is 2.69. The van der Waals surface area contributed by atoms with Crippen LogP contribution in [-0.4, -0.2) is 41.1 Å². The van der Waals surface area contributed by atoms with Crippen LogP contribution in [0.3, 0.4) is 0 Å². The van der Waals surface area contributed by atoms with Crippen molar-refractivity contribution in [1.29, 1.82) is 5.26 Å². The third kappa shape index (κ3) is 7.13. The number of nitrogens with zero attached hydrogens (tertiary/aromatic N) is 1. The molecule has 0 fully saturated rings. The molecule has 2 rings (SSSR count). The average molecular weight is 444 g/mol. The van der Waals surface area contributed by atoms with Crippen molar-refractivity contribution in [3.8, 4) is 17.6 Å². The molecule has 0 spiro atoms. The van der Waals surface area contributed by atoms with Gasteiger partial charge in [-0.2, -0.15) is 5.26 Å². The van der Waals surface area contributed by atoms with Crippen LogP contribution in [0.4, 0.5) is 0 Å². The number of rotatable bonds is 10. The van der Waals surface area contributed by atoms with Gasteiger partial charge in [0.05, 0.1) is 12.0 Å². The molecule has 31 heavy (non-hydrogen) atoms. The van der Waals surface area contributed by atoms with E-state index in [0.717, 1.165) is 5.56 Å². The maximum absolute atomic E-state index is 12.4. The predicted molar refractivity (Wildman–Crippen MR) is 117 cm³/mol. The highest BCUT2D eigenvalue weighted by Gasteiger charge is 2.16. The van der Waals surface area contributed by atoms with Crippen LogP contribution in [0.5, 0.6) is 11.5 Å². The second-order valence-corrected chi connectivity index (χ2v) is 8.38. The molecule has 8 nitrogen and oxygen atoms in total. The molecule has 0 heterocycles. The number of methoxy groups -OCH3 is 1. The summed E-state index contributed by atoms with van der Waals surface area (Å²) >= 11 is 0. The highest BCUT2D eigenvalue weighted by Crippen LogP contribution is 2.28. The molecule has 0 saturated carbocycles. The Morgan fingerprint density at radius 2 is 1.90 bits per heavy atom. The molecule has 0 aromatic heterocycles. The van der Waals surface area contributed by atoms with Crippen molar-refractivity contribution in [2.45, 2.75) is 18.7 Å². The van der Waals surface area contributed by atoms with Gasteiger partial charge in [-0.3, -0.25) is 4.79 Å². The zero-order valence-electron chi connectivity index (χ0n) is 17.6. The van der Waals surface area contributed by atoms with Crippen molar-refractivity contribution in [2.24, 2.45) is 0 Å². The lowest BCUT2D eigenvalue weighted by Crippen LogP contribution is -2.34. The van der Waals surface area contributed by atoms with Crippen LogP contribution in [0.2, 0.25) is 0 Å². The first-order chi connectivity index (χ1) is 14.8. The van der Waals surface area contributed by atoms with Gasteiger partial charge in [0, 0.05) is 19.2 Å². The Labute approximate surface area is 182 Å². The summed E-state index contributed by atoms with van der Waals surface area (Å²) < 4.78 is 37.8. The minimum atomic E-state index is -3.65. The summed E-state index contributed by atoms with van der Waals surface area (Å²) in [4.78, 5) is 12.2. The minimum absolute atomic E-state index is 0.0635. The number of aryl methyl sites for hydroxylation is 2. The molecule has 0 saturated heterocycles. The van der Waals surface area contributed by atoms with E-state index in [1.807, 2.05) is 19.1 Å². The van der Waals surface area contributed by atoms with Crippen molar-refractivity contribution in [1.82, 2.24) is 10.0 Å². The van der Waals surface area contributed by atoms with Crippen LogP contribution in [0, 0.1) is 25.2 Å². The van der Waals surface area contributed by atoms with Gasteiger partial charge in [-0.25, -0.2) is 13.1 Å². The average Bonchev–Trinajstić information content (AvgIpc) is 2.75. The van der Waals surface area contributed by atoms with Gasteiger partial charge in [-0.1, -0.05) is 18.2 Å². The van der Waals surface area contributed by atoms with Crippen molar-refractivity contribution >= 4 is 22.0 Å². The second-order valence-electron chi connectivity index (χ2n) is 6.65. The maximum atomic E-state index is 12.4. The summed E-state index contributed by atoms with van der Waals surface area (Å²) in [6, 6.07) is 12.1. The van der Waals surface area contributed by atoms with E-state index in [4.69, 9.17) is 14.7 Å². The van der Waals surface area contributed by atoms with Gasteiger partial charge in [-0.05, 0) is 54.8 Å². The van der Waals surface area contributed by atoms with Crippen LogP contribution in [0.1, 0.15) is 16.7 Å². The Bertz CT molecular complexity index is 1100. The fourth-order valence-corrected chi connectivity index (χ4v) is 4.05. The molecule has 2 aromatic rings. The Hall–Kier alpha value is -3.35. The molecule has 0 radical (unpaired) electrons. The second kappa shape index (κ2) is 11.2. The van der Waals surface area contributed by atoms with Crippen molar-refractivity contribution in [2.75, 3.05) is 26.8 Å². The topological polar surface area (TPSA) is 118 Å². The zero-order valence-corrected chi connectivity index (χ0v) is 18.5. The van der Waals surface area contributed by atoms with E-state index in [1.54, 1.807) is 43.3 Å². The number of hydrogen-bond acceptors (Lipinski definition) is 6. The highest BCUT2D eigenvalue weighted by atomic mass is 32.2. The molecule has 164 valence electrons. The molecule has 2 N–H and O–H groups in total. The smallest absolute Gasteiger partial charge is 0.244 e. The van der Waals surface area contributed by atoms with Crippen molar-refractivity contribution < 1.29 is 22.7 Å². The van der Waals surface area contributed by atoms with Crippen LogP contribution in [-0.2, 0) is 14.8 Å². The summed E-state index contributed by atoms with van der Waals surface area (Å²) in [6.07, 6.45) is 2.93. The van der Waals surface area contributed by atoms with E-state index in [2.05, 4.69) is 10.0 Å². The molecule has 9 heteroatoms. The number of carbonyl (C=O) groups is 1. The summed E-state index contributed by atoms with van der Waals surface area (Å²) in [5.41, 5.74) is 2.21. The van der Waals surface area contributed by atoms with E-state index >= 15 is 0 Å². The Kier molecular flexibility index (Phi) is 8.61. The summed E-state index contributed by atoms with van der Waals surface area (Å²) in [6.45, 7) is 3.66. The number of nitriles is 1. The molecule has 0 aliphatic rings. The molecule has 0 bridgehead atoms. The SMILES string of the molecule is COc1cc(/C=C/C(=O)NCCNS(=O)(=O)c2cc(C)ccc2C)ccc1OCC#N. The largest absolute Gasteiger partial charge is 0.493 e. The number of nitrogens with one attached hydrogen (secondary N) is 2. The van der Waals surface area contributed by atoms with Crippen LogP contribution in [0.25, 0.3) is 6.08 Å². The highest BCUT2D eigenvalue weighted by molar-refractivity contribution is 7.89. The quantitative estimate of drug-likeness (QED) is 0.430. The van der Waals surface area contributed by atoms with Gasteiger partial charge in [0.25, 0.3) is 0 Å². The normalized spacial score (nSPS) is 11.2. The molecule has 1 amide bonds. The zero-order chi connectivity index (χ0) is 22.9. The standard InChI is InChI=1S/C22H25N3O5S/c1-16-4-5-17(2)21(14-16)31(27,28)25-12-11-24-22(26)9-7-18-6-8-19(30-13-10-23)20(15-18)29-3/h4-9,14-15,25H,11-13H2,1-3H3,(H,24,26)/b9-7+. The van der Waals surface area contributed by atoms with E-state index in [0.29, 0.717) is 22.6 Å². The lowest BCUT2D eigenvalue weighted by Gasteiger charge is -2.10. The molecule has 2 aromatic carbocycles. The Morgan fingerprint density at radius 3 is 2.61 bits per heavy atom. The number of carbonyl (C=O) groups excluding carboxylic acids is 1. The fraction of sp³-hybridized carbons (Fsp3) is 0.273. The molecule has 0 atom stereocenters. The predicted octanol–water partition coefficient (Wildman–Crippen LogP) is 2.32. The first-order valence-electron chi connectivity index (χ1n) is 9.47. The molecule has 0 aliphatic heterocycles. The van der Waals surface area contributed by atoms with Crippen LogP contribution < -0.4 is 19.5 Å². The van der Waals surface area contributed by atoms with Gasteiger partial charge >= 0.3 is 0 Å². The lowest BCUT2D eigenvalue weighted by atomic mass is 10.2. The van der Waals surface area contributed by atoms with Crippen LogP contribution in [0.15, 0.2) is 47.4 Å². The first-order valence-corrected chi connectivity index (χ1v) is 11.0. The van der Waals surface area contributed by atoms with Gasteiger partial charge in [0.15, 0.2) is 18.1 Å². The monoisotopic (exact) mass is 443 g/mol. The van der Waals surface area contributed by atoms with E-state index in [-0.39, 0.29) is 30.5 Å². The Morgan fingerprint density at radius 1 is 1.13 bits per heavy atom. The van der Waals surface area contributed by atoms with E-state index in [9.17, 15) is 13.2 Å². The first kappa shape index (κ1) is 23.9. The third-order valence-corrected chi connectivity index (χ3v) is 5.86. The number of amides is 1. The van der Waals surface area contributed by atoms with Crippen molar-refractivity contribution in [3.63, 3.8) is 0 Å². The van der Waals surface area contributed by atoms with Crippen molar-refractivity contribution in [3.05, 3.63) is 59.2 Å². The van der Waals surface area contributed by atoms with Gasteiger partial charge in [0.2, 0.25) is 15.9 Å². The molecule has 0 unspecified atom stereocenters. The maximum Gasteiger partial charge on any atom is 0.244 e. The molecule has 0 aliphatic carbocycles. The van der Waals surface area contributed by atoms with Gasteiger partial charge < -0.3 is 14.8 Å². The number of ether oxygens (including phenoxy) is 2. The minimum Gasteiger partial charge on any atom is -0.493 e. The van der Waals surface area contributed by atoms with Gasteiger partial charge in [-0.15, -0.1) is 0 Å². The molecular formula is C22H25N3O5S. The summed E-state index contributed by atoms with van der Waals surface area (Å²) in [5.74, 6) is 0.509. The summed E-state index contributed by atoms with van der Waals surface area (Å²) in [7, 11) is -2.17. The van der Waals surface area contributed by atoms with Gasteiger partial charge in [0.1, 0.15) is 6.07 Å². The number of benzene rings is 2.